The van der Waals surface area contributed by atoms with Crippen molar-refractivity contribution in [2.45, 2.75) is 38.0 Å². The molecule has 1 saturated carbocycles. The van der Waals surface area contributed by atoms with Crippen molar-refractivity contribution in [1.29, 1.82) is 0 Å². The number of benzene rings is 1. The fourth-order valence-corrected chi connectivity index (χ4v) is 1.66. The smallest absolute Gasteiger partial charge is 0.372 e. The van der Waals surface area contributed by atoms with E-state index in [0.29, 0.717) is 6.07 Å². The van der Waals surface area contributed by atoms with Crippen molar-refractivity contribution in [2.75, 3.05) is 5.32 Å². The molecule has 0 aromatic heterocycles. The molecule has 110 valence electrons. The fraction of sp³-hybridized carbons (Fsp3) is 0.462. The Morgan fingerprint density at radius 3 is 2.50 bits per heavy atom. The van der Waals surface area contributed by atoms with Crippen LogP contribution in [-0.2, 0) is 11.0 Å². The number of rotatable bonds is 4. The number of hydrogen-bond acceptors (Lipinski definition) is 2. The standard InChI is InChI=1S/C13H14F4N2O/c1-7(12(20)19-9-3-4-9)18-11-5-2-8(6-10(11)14)13(15,16)17/h2,5-7,9,18H,3-4H2,1H3,(H,19,20). The van der Waals surface area contributed by atoms with Crippen LogP contribution in [0.1, 0.15) is 25.3 Å². The molecule has 1 aromatic rings. The number of halogens is 4. The first-order valence-electron chi connectivity index (χ1n) is 6.21. The zero-order valence-corrected chi connectivity index (χ0v) is 10.7. The van der Waals surface area contributed by atoms with Crippen molar-refractivity contribution in [3.63, 3.8) is 0 Å². The summed E-state index contributed by atoms with van der Waals surface area (Å²) < 4.78 is 50.8. The Hall–Kier alpha value is -1.79. The van der Waals surface area contributed by atoms with Crippen LogP contribution in [0.5, 0.6) is 0 Å². The highest BCUT2D eigenvalue weighted by molar-refractivity contribution is 5.84. The highest BCUT2D eigenvalue weighted by atomic mass is 19.4. The molecule has 1 aromatic carbocycles. The lowest BCUT2D eigenvalue weighted by Crippen LogP contribution is -2.38. The van der Waals surface area contributed by atoms with Gasteiger partial charge in [0.25, 0.3) is 0 Å². The maximum Gasteiger partial charge on any atom is 0.416 e. The third kappa shape index (κ3) is 3.61. The maximum absolute atomic E-state index is 13.6. The minimum atomic E-state index is -4.59. The summed E-state index contributed by atoms with van der Waals surface area (Å²) in [5, 5.41) is 5.29. The first-order valence-corrected chi connectivity index (χ1v) is 6.21. The summed E-state index contributed by atoms with van der Waals surface area (Å²) in [6.45, 7) is 1.52. The van der Waals surface area contributed by atoms with E-state index in [9.17, 15) is 22.4 Å². The Kier molecular flexibility index (Phi) is 3.87. The molecule has 1 fully saturated rings. The molecular weight excluding hydrogens is 276 g/mol. The maximum atomic E-state index is 13.6. The third-order valence-electron chi connectivity index (χ3n) is 2.99. The van der Waals surface area contributed by atoms with Gasteiger partial charge in [-0.1, -0.05) is 0 Å². The van der Waals surface area contributed by atoms with Gasteiger partial charge in [0.15, 0.2) is 0 Å². The molecule has 20 heavy (non-hydrogen) atoms. The van der Waals surface area contributed by atoms with Crippen LogP contribution in [0.4, 0.5) is 23.2 Å². The number of hydrogen-bond donors (Lipinski definition) is 2. The predicted molar refractivity (Wildman–Crippen MR) is 65.7 cm³/mol. The average molecular weight is 290 g/mol. The zero-order chi connectivity index (χ0) is 14.9. The number of anilines is 1. The van der Waals surface area contributed by atoms with Gasteiger partial charge in [-0.15, -0.1) is 0 Å². The molecule has 0 radical (unpaired) electrons. The molecular formula is C13H14F4N2O. The first kappa shape index (κ1) is 14.6. The normalized spacial score (nSPS) is 16.6. The SMILES string of the molecule is CC(Nc1ccc(C(F)(F)F)cc1F)C(=O)NC1CC1. The van der Waals surface area contributed by atoms with Crippen LogP contribution in [-0.4, -0.2) is 18.0 Å². The van der Waals surface area contributed by atoms with Crippen LogP contribution in [0.25, 0.3) is 0 Å². The predicted octanol–water partition coefficient (Wildman–Crippen LogP) is 2.92. The van der Waals surface area contributed by atoms with E-state index in [2.05, 4.69) is 10.6 Å². The molecule has 2 rings (SSSR count). The van der Waals surface area contributed by atoms with Gasteiger partial charge < -0.3 is 10.6 Å². The van der Waals surface area contributed by atoms with Gasteiger partial charge in [0.1, 0.15) is 11.9 Å². The van der Waals surface area contributed by atoms with Crippen molar-refractivity contribution in [1.82, 2.24) is 5.32 Å². The minimum absolute atomic E-state index is 0.128. The molecule has 1 atom stereocenters. The van der Waals surface area contributed by atoms with Crippen LogP contribution in [0, 0.1) is 5.82 Å². The van der Waals surface area contributed by atoms with Gasteiger partial charge in [-0.3, -0.25) is 4.79 Å². The van der Waals surface area contributed by atoms with Crippen LogP contribution >= 0.6 is 0 Å². The van der Waals surface area contributed by atoms with Crippen molar-refractivity contribution in [3.8, 4) is 0 Å². The van der Waals surface area contributed by atoms with E-state index >= 15 is 0 Å². The van der Waals surface area contributed by atoms with Gasteiger partial charge in [0, 0.05) is 6.04 Å². The van der Waals surface area contributed by atoms with E-state index < -0.39 is 23.6 Å². The number of alkyl halides is 3. The average Bonchev–Trinajstić information content (AvgIpc) is 3.14. The van der Waals surface area contributed by atoms with E-state index in [-0.39, 0.29) is 17.6 Å². The summed E-state index contributed by atoms with van der Waals surface area (Å²) in [4.78, 5) is 11.7. The van der Waals surface area contributed by atoms with E-state index in [1.165, 1.54) is 6.92 Å². The minimum Gasteiger partial charge on any atom is -0.372 e. The van der Waals surface area contributed by atoms with Crippen LogP contribution in [0.3, 0.4) is 0 Å². The van der Waals surface area contributed by atoms with Gasteiger partial charge >= 0.3 is 6.18 Å². The van der Waals surface area contributed by atoms with Crippen LogP contribution in [0.2, 0.25) is 0 Å². The second-order valence-electron chi connectivity index (χ2n) is 4.84. The molecule has 0 heterocycles. The van der Waals surface area contributed by atoms with Gasteiger partial charge in [-0.2, -0.15) is 13.2 Å². The van der Waals surface area contributed by atoms with E-state index in [1.54, 1.807) is 0 Å². The Bertz CT molecular complexity index is 512. The number of nitrogens with one attached hydrogen (secondary N) is 2. The Morgan fingerprint density at radius 2 is 2.00 bits per heavy atom. The molecule has 2 N–H and O–H groups in total. The van der Waals surface area contributed by atoms with E-state index in [4.69, 9.17) is 0 Å². The zero-order valence-electron chi connectivity index (χ0n) is 10.7. The first-order chi connectivity index (χ1) is 9.27. The highest BCUT2D eigenvalue weighted by Gasteiger charge is 2.31. The Morgan fingerprint density at radius 1 is 1.35 bits per heavy atom. The van der Waals surface area contributed by atoms with Crippen molar-refractivity contribution in [2.24, 2.45) is 0 Å². The Labute approximate surface area is 113 Å². The topological polar surface area (TPSA) is 41.1 Å². The van der Waals surface area contributed by atoms with Gasteiger partial charge in [0.2, 0.25) is 5.91 Å². The Balaban J connectivity index is 2.03. The molecule has 7 heteroatoms. The van der Waals surface area contributed by atoms with E-state index in [1.807, 2.05) is 0 Å². The molecule has 3 nitrogen and oxygen atoms in total. The largest absolute Gasteiger partial charge is 0.416 e. The molecule has 1 aliphatic carbocycles. The summed E-state index contributed by atoms with van der Waals surface area (Å²) in [6.07, 6.45) is -2.74. The van der Waals surface area contributed by atoms with Crippen LogP contribution in [0.15, 0.2) is 18.2 Å². The molecule has 1 unspecified atom stereocenters. The molecule has 1 amide bonds. The van der Waals surface area contributed by atoms with Crippen molar-refractivity contribution in [3.05, 3.63) is 29.6 Å². The van der Waals surface area contributed by atoms with Crippen LogP contribution < -0.4 is 10.6 Å². The second kappa shape index (κ2) is 5.30. The number of amides is 1. The lowest BCUT2D eigenvalue weighted by atomic mass is 10.1. The van der Waals surface area contributed by atoms with Gasteiger partial charge in [-0.25, -0.2) is 4.39 Å². The molecule has 1 aliphatic rings. The summed E-state index contributed by atoms with van der Waals surface area (Å²) in [5.74, 6) is -1.34. The van der Waals surface area contributed by atoms with Gasteiger partial charge in [-0.05, 0) is 38.0 Å². The monoisotopic (exact) mass is 290 g/mol. The molecule has 0 spiro atoms. The lowest BCUT2D eigenvalue weighted by Gasteiger charge is -2.16. The number of carbonyl (C=O) groups is 1. The summed E-state index contributed by atoms with van der Waals surface area (Å²) in [5.41, 5.74) is -1.19. The summed E-state index contributed by atoms with van der Waals surface area (Å²) >= 11 is 0. The number of carbonyl (C=O) groups excluding carboxylic acids is 1. The van der Waals surface area contributed by atoms with Crippen molar-refractivity contribution < 1.29 is 22.4 Å². The summed E-state index contributed by atoms with van der Waals surface area (Å²) in [7, 11) is 0. The molecule has 0 aliphatic heterocycles. The lowest BCUT2D eigenvalue weighted by molar-refractivity contribution is -0.137. The second-order valence-corrected chi connectivity index (χ2v) is 4.84. The highest BCUT2D eigenvalue weighted by Crippen LogP contribution is 2.31. The third-order valence-corrected chi connectivity index (χ3v) is 2.99. The molecule has 0 saturated heterocycles. The molecule has 0 bridgehead atoms. The summed E-state index contributed by atoms with van der Waals surface area (Å²) in [6, 6.07) is 1.62. The van der Waals surface area contributed by atoms with Gasteiger partial charge in [0.05, 0.1) is 11.3 Å². The fourth-order valence-electron chi connectivity index (χ4n) is 1.66. The van der Waals surface area contributed by atoms with E-state index in [0.717, 1.165) is 25.0 Å². The van der Waals surface area contributed by atoms with Crippen molar-refractivity contribution >= 4 is 11.6 Å². The quantitative estimate of drug-likeness (QED) is 0.837.